The molecule has 0 aromatic heterocycles. The Balaban J connectivity index is 4.23. The molecule has 2 atom stereocenters. The van der Waals surface area contributed by atoms with Crippen LogP contribution in [0.25, 0.3) is 0 Å². The van der Waals surface area contributed by atoms with E-state index in [1.54, 1.807) is 0 Å². The third-order valence-corrected chi connectivity index (χ3v) is 7.74. The smallest absolute Gasteiger partial charge is 0.457 e. The molecule has 0 aliphatic rings. The number of ether oxygens (including phenoxy) is 2. The van der Waals surface area contributed by atoms with E-state index in [0.29, 0.717) is 13.0 Å². The van der Waals surface area contributed by atoms with Crippen molar-refractivity contribution >= 4 is 13.8 Å². The normalized spacial score (nSPS) is 14.4. The Bertz CT molecular complexity index is 813. The van der Waals surface area contributed by atoms with Crippen LogP contribution in [0.4, 0.5) is 0 Å². The Morgan fingerprint density at radius 2 is 1.27 bits per heavy atom. The van der Waals surface area contributed by atoms with E-state index < -0.39 is 13.9 Å². The first kappa shape index (κ1) is 42.5. The molecule has 0 aliphatic heterocycles. The molecule has 0 fully saturated rings. The molecule has 0 rings (SSSR count). The SMILES string of the molecule is CC/C=C\C/C=C\C/C=C\C/C=C\CCCCC(=O)OC(COCCCCCCCCCCCC)COP(=O)(O)OCCN. The van der Waals surface area contributed by atoms with Crippen LogP contribution in [0, 0.1) is 0 Å². The molecule has 256 valence electrons. The van der Waals surface area contributed by atoms with Gasteiger partial charge < -0.3 is 20.1 Å². The molecule has 0 bridgehead atoms. The van der Waals surface area contributed by atoms with Gasteiger partial charge >= 0.3 is 13.8 Å². The third-order valence-electron chi connectivity index (χ3n) is 6.76. The van der Waals surface area contributed by atoms with Crippen LogP contribution < -0.4 is 5.73 Å². The number of allylic oxidation sites excluding steroid dienone is 8. The molecule has 0 heterocycles. The summed E-state index contributed by atoms with van der Waals surface area (Å²) in [5, 5.41) is 0. The van der Waals surface area contributed by atoms with Gasteiger partial charge in [0.1, 0.15) is 6.10 Å². The summed E-state index contributed by atoms with van der Waals surface area (Å²) in [6.45, 7) is 4.71. The molecular weight excluding hydrogens is 577 g/mol. The van der Waals surface area contributed by atoms with Gasteiger partial charge in [0, 0.05) is 19.6 Å². The van der Waals surface area contributed by atoms with E-state index in [-0.39, 0.29) is 38.8 Å². The van der Waals surface area contributed by atoms with E-state index in [2.05, 4.69) is 62.5 Å². The van der Waals surface area contributed by atoms with Crippen LogP contribution in [0.1, 0.15) is 129 Å². The lowest BCUT2D eigenvalue weighted by atomic mass is 10.1. The topological polar surface area (TPSA) is 117 Å². The molecule has 8 nitrogen and oxygen atoms in total. The van der Waals surface area contributed by atoms with Gasteiger partial charge in [-0.2, -0.15) is 0 Å². The molecule has 0 radical (unpaired) electrons. The van der Waals surface area contributed by atoms with Crippen LogP contribution in [-0.4, -0.2) is 49.9 Å². The van der Waals surface area contributed by atoms with Crippen molar-refractivity contribution in [3.05, 3.63) is 48.6 Å². The Morgan fingerprint density at radius 1 is 0.705 bits per heavy atom. The highest BCUT2D eigenvalue weighted by Gasteiger charge is 2.25. The fourth-order valence-electron chi connectivity index (χ4n) is 4.28. The predicted molar refractivity (Wildman–Crippen MR) is 182 cm³/mol. The molecular formula is C35H64NO7P. The van der Waals surface area contributed by atoms with Crippen LogP contribution in [0.3, 0.4) is 0 Å². The number of hydrogen-bond acceptors (Lipinski definition) is 7. The molecule has 0 aliphatic carbocycles. The average molecular weight is 642 g/mol. The Morgan fingerprint density at radius 3 is 1.86 bits per heavy atom. The number of unbranched alkanes of at least 4 members (excludes halogenated alkanes) is 11. The van der Waals surface area contributed by atoms with Crippen LogP contribution in [0.5, 0.6) is 0 Å². The van der Waals surface area contributed by atoms with E-state index in [0.717, 1.165) is 51.4 Å². The standard InChI is InChI=1S/C35H64NO7P/c1-3-5-7-9-11-13-15-16-17-18-19-20-22-24-26-28-35(37)43-34(33-42-44(38,39)41-31-29-36)32-40-30-27-25-23-21-14-12-10-8-6-4-2/h5,7,11,13,16-17,19-20,34H,3-4,6,8-10,12,14-15,18,21-33,36H2,1-2H3,(H,38,39)/b7-5-,13-11-,17-16-,20-19-. The molecule has 0 amide bonds. The zero-order valence-corrected chi connectivity index (χ0v) is 28.8. The lowest BCUT2D eigenvalue weighted by Gasteiger charge is -2.20. The third kappa shape index (κ3) is 31.9. The molecule has 0 saturated heterocycles. The van der Waals surface area contributed by atoms with Gasteiger partial charge in [-0.3, -0.25) is 13.8 Å². The Kier molecular flexibility index (Phi) is 31.7. The maximum absolute atomic E-state index is 12.5. The van der Waals surface area contributed by atoms with E-state index in [9.17, 15) is 14.3 Å². The van der Waals surface area contributed by atoms with Crippen molar-refractivity contribution in [1.82, 2.24) is 0 Å². The van der Waals surface area contributed by atoms with E-state index in [1.807, 2.05) is 0 Å². The number of hydrogen-bond donors (Lipinski definition) is 2. The first-order valence-electron chi connectivity index (χ1n) is 17.1. The summed E-state index contributed by atoms with van der Waals surface area (Å²) in [5.41, 5.74) is 5.33. The highest BCUT2D eigenvalue weighted by Crippen LogP contribution is 2.43. The summed E-state index contributed by atoms with van der Waals surface area (Å²) in [5.74, 6) is -0.373. The summed E-state index contributed by atoms with van der Waals surface area (Å²) < 4.78 is 33.1. The number of nitrogens with two attached hydrogens (primary N) is 1. The zero-order valence-electron chi connectivity index (χ0n) is 27.9. The van der Waals surface area contributed by atoms with Gasteiger partial charge in [-0.15, -0.1) is 0 Å². The van der Waals surface area contributed by atoms with Gasteiger partial charge in [0.05, 0.1) is 19.8 Å². The lowest BCUT2D eigenvalue weighted by Crippen LogP contribution is -2.28. The van der Waals surface area contributed by atoms with Gasteiger partial charge in [0.2, 0.25) is 0 Å². The first-order valence-corrected chi connectivity index (χ1v) is 18.6. The van der Waals surface area contributed by atoms with E-state index in [1.165, 1.54) is 51.4 Å². The zero-order chi connectivity index (χ0) is 32.4. The highest BCUT2D eigenvalue weighted by molar-refractivity contribution is 7.47. The maximum atomic E-state index is 12.5. The maximum Gasteiger partial charge on any atom is 0.472 e. The van der Waals surface area contributed by atoms with Crippen LogP contribution in [0.2, 0.25) is 0 Å². The summed E-state index contributed by atoms with van der Waals surface area (Å²) in [4.78, 5) is 22.3. The minimum Gasteiger partial charge on any atom is -0.457 e. The minimum absolute atomic E-state index is 0.0925. The summed E-state index contributed by atoms with van der Waals surface area (Å²) in [6, 6.07) is 0. The number of rotatable bonds is 32. The molecule has 3 N–H and O–H groups in total. The van der Waals surface area contributed by atoms with Crippen molar-refractivity contribution in [2.75, 3.05) is 33.0 Å². The quantitative estimate of drug-likeness (QED) is 0.0323. The van der Waals surface area contributed by atoms with Gasteiger partial charge in [0.15, 0.2) is 0 Å². The second-order valence-electron chi connectivity index (χ2n) is 11.0. The molecule has 0 aromatic rings. The Labute approximate surface area is 269 Å². The summed E-state index contributed by atoms with van der Waals surface area (Å²) >= 11 is 0. The van der Waals surface area contributed by atoms with Crippen LogP contribution in [0.15, 0.2) is 48.6 Å². The largest absolute Gasteiger partial charge is 0.472 e. The van der Waals surface area contributed by atoms with Crippen molar-refractivity contribution in [3.63, 3.8) is 0 Å². The number of esters is 1. The molecule has 9 heteroatoms. The van der Waals surface area contributed by atoms with Crippen LogP contribution in [-0.2, 0) is 27.9 Å². The fourth-order valence-corrected chi connectivity index (χ4v) is 5.04. The number of carbonyl (C=O) groups excluding carboxylic acids is 1. The predicted octanol–water partition coefficient (Wildman–Crippen LogP) is 9.29. The van der Waals surface area contributed by atoms with Crippen molar-refractivity contribution in [1.29, 1.82) is 0 Å². The minimum atomic E-state index is -4.27. The molecule has 0 spiro atoms. The van der Waals surface area contributed by atoms with Crippen molar-refractivity contribution in [3.8, 4) is 0 Å². The lowest BCUT2D eigenvalue weighted by molar-refractivity contribution is -0.154. The van der Waals surface area contributed by atoms with Crippen LogP contribution >= 0.6 is 7.82 Å². The summed E-state index contributed by atoms with van der Waals surface area (Å²) in [6.07, 6.45) is 35.5. The van der Waals surface area contributed by atoms with Gasteiger partial charge in [-0.1, -0.05) is 120 Å². The molecule has 2 unspecified atom stereocenters. The number of phosphoric ester groups is 1. The monoisotopic (exact) mass is 641 g/mol. The van der Waals surface area contributed by atoms with Gasteiger partial charge in [-0.05, 0) is 51.4 Å². The van der Waals surface area contributed by atoms with E-state index >= 15 is 0 Å². The second-order valence-corrected chi connectivity index (χ2v) is 12.5. The van der Waals surface area contributed by atoms with Gasteiger partial charge in [-0.25, -0.2) is 4.57 Å². The van der Waals surface area contributed by atoms with Gasteiger partial charge in [0.25, 0.3) is 0 Å². The fraction of sp³-hybridized carbons (Fsp3) is 0.743. The highest BCUT2D eigenvalue weighted by atomic mass is 31.2. The van der Waals surface area contributed by atoms with Crippen molar-refractivity contribution in [2.24, 2.45) is 5.73 Å². The molecule has 0 aromatic carbocycles. The first-order chi connectivity index (χ1) is 21.4. The number of phosphoric acid groups is 1. The van der Waals surface area contributed by atoms with Crippen molar-refractivity contribution in [2.45, 2.75) is 136 Å². The number of carbonyl (C=O) groups is 1. The average Bonchev–Trinajstić information content (AvgIpc) is 3.01. The Hall–Kier alpha value is -1.54. The summed E-state index contributed by atoms with van der Waals surface area (Å²) in [7, 11) is -4.27. The second kappa shape index (κ2) is 32.8. The molecule has 0 saturated carbocycles. The van der Waals surface area contributed by atoms with Crippen molar-refractivity contribution < 1.29 is 32.8 Å². The molecule has 44 heavy (non-hydrogen) atoms. The van der Waals surface area contributed by atoms with E-state index in [4.69, 9.17) is 24.3 Å².